The van der Waals surface area contributed by atoms with Gasteiger partial charge in [0, 0.05) is 12.2 Å². The van der Waals surface area contributed by atoms with Gasteiger partial charge in [-0.2, -0.15) is 0 Å². The van der Waals surface area contributed by atoms with Crippen LogP contribution in [0.1, 0.15) is 22.9 Å². The summed E-state index contributed by atoms with van der Waals surface area (Å²) in [5.74, 6) is -1.16. The molecule has 1 aromatic rings. The maximum Gasteiger partial charge on any atom is 0.261 e. The van der Waals surface area contributed by atoms with Crippen LogP contribution in [0.3, 0.4) is 0 Å². The van der Waals surface area contributed by atoms with Crippen molar-refractivity contribution in [2.24, 2.45) is 0 Å². The van der Waals surface area contributed by atoms with Gasteiger partial charge in [0.15, 0.2) is 0 Å². The van der Waals surface area contributed by atoms with Gasteiger partial charge in [-0.1, -0.05) is 0 Å². The van der Waals surface area contributed by atoms with E-state index in [4.69, 9.17) is 11.6 Å². The van der Waals surface area contributed by atoms with E-state index >= 15 is 0 Å². The molecule has 0 saturated heterocycles. The lowest BCUT2D eigenvalue weighted by atomic mass is 10.1. The Morgan fingerprint density at radius 1 is 1.22 bits per heavy atom. The Kier molecular flexibility index (Phi) is 5.88. The summed E-state index contributed by atoms with van der Waals surface area (Å²) in [6.45, 7) is 0.721. The lowest BCUT2D eigenvalue weighted by molar-refractivity contribution is 0.0165. The van der Waals surface area contributed by atoms with E-state index in [1.807, 2.05) is 0 Å². The minimum absolute atomic E-state index is 0.0143. The van der Waals surface area contributed by atoms with E-state index in [-0.39, 0.29) is 24.2 Å². The van der Waals surface area contributed by atoms with Crippen LogP contribution >= 0.6 is 11.6 Å². The highest BCUT2D eigenvalue weighted by molar-refractivity contribution is 6.20. The van der Waals surface area contributed by atoms with Gasteiger partial charge in [0.1, 0.15) is 18.2 Å². The smallest absolute Gasteiger partial charge is 0.261 e. The number of benzene rings is 1. The van der Waals surface area contributed by atoms with Gasteiger partial charge >= 0.3 is 0 Å². The predicted octanol–water partition coefficient (Wildman–Crippen LogP) is 4.22. The standard InChI is InChI=1S/C12H13ClF4O/c1-7-4-11(15)8(5-10(7)14)9(13)2-3-18-6-12(16)17/h4-5,9,12H,2-3,6H2,1H3. The van der Waals surface area contributed by atoms with E-state index in [1.165, 1.54) is 6.92 Å². The highest BCUT2D eigenvalue weighted by Gasteiger charge is 2.16. The summed E-state index contributed by atoms with van der Waals surface area (Å²) in [4.78, 5) is 0. The van der Waals surface area contributed by atoms with Gasteiger partial charge in [0.2, 0.25) is 0 Å². The Bertz CT molecular complexity index is 398. The Hall–Kier alpha value is -0.810. The number of alkyl halides is 3. The first-order chi connectivity index (χ1) is 8.41. The quantitative estimate of drug-likeness (QED) is 0.432. The first kappa shape index (κ1) is 15.2. The van der Waals surface area contributed by atoms with Crippen molar-refractivity contribution in [3.05, 3.63) is 34.9 Å². The van der Waals surface area contributed by atoms with Gasteiger partial charge in [-0.15, -0.1) is 11.6 Å². The number of hydrogen-bond donors (Lipinski definition) is 0. The average Bonchev–Trinajstić information content (AvgIpc) is 2.28. The molecule has 0 aliphatic carbocycles. The highest BCUT2D eigenvalue weighted by atomic mass is 35.5. The minimum atomic E-state index is -2.55. The molecule has 1 atom stereocenters. The molecule has 18 heavy (non-hydrogen) atoms. The summed E-state index contributed by atoms with van der Waals surface area (Å²) >= 11 is 5.88. The lowest BCUT2D eigenvalue weighted by Gasteiger charge is -2.12. The predicted molar refractivity (Wildman–Crippen MR) is 61.1 cm³/mol. The molecule has 0 saturated carbocycles. The van der Waals surface area contributed by atoms with E-state index < -0.39 is 30.0 Å². The van der Waals surface area contributed by atoms with Crippen molar-refractivity contribution in [2.45, 2.75) is 25.1 Å². The Morgan fingerprint density at radius 2 is 1.89 bits per heavy atom. The molecule has 0 spiro atoms. The van der Waals surface area contributed by atoms with Crippen LogP contribution in [-0.4, -0.2) is 19.6 Å². The SMILES string of the molecule is Cc1cc(F)c(C(Cl)CCOCC(F)F)cc1F. The van der Waals surface area contributed by atoms with Crippen molar-refractivity contribution >= 4 is 11.6 Å². The van der Waals surface area contributed by atoms with Crippen molar-refractivity contribution in [3.8, 4) is 0 Å². The Morgan fingerprint density at radius 3 is 2.50 bits per heavy atom. The Balaban J connectivity index is 2.56. The summed E-state index contributed by atoms with van der Waals surface area (Å²) in [6, 6.07) is 2.08. The number of ether oxygens (including phenoxy) is 1. The van der Waals surface area contributed by atoms with Crippen molar-refractivity contribution in [2.75, 3.05) is 13.2 Å². The first-order valence-electron chi connectivity index (χ1n) is 5.37. The second-order valence-corrected chi connectivity index (χ2v) is 4.37. The summed E-state index contributed by atoms with van der Waals surface area (Å²) in [7, 11) is 0. The third kappa shape index (κ3) is 4.46. The minimum Gasteiger partial charge on any atom is -0.375 e. The normalized spacial score (nSPS) is 13.1. The maximum absolute atomic E-state index is 13.5. The van der Waals surface area contributed by atoms with Crippen LogP contribution in [0.5, 0.6) is 0 Å². The molecule has 0 amide bonds. The van der Waals surface area contributed by atoms with E-state index in [0.717, 1.165) is 12.1 Å². The summed E-state index contributed by atoms with van der Waals surface area (Å²) in [5.41, 5.74) is 0.203. The molecule has 1 unspecified atom stereocenters. The molecule has 0 bridgehead atoms. The van der Waals surface area contributed by atoms with Gasteiger partial charge in [-0.05, 0) is 31.0 Å². The number of halogens is 5. The van der Waals surface area contributed by atoms with Crippen LogP contribution in [0, 0.1) is 18.6 Å². The van der Waals surface area contributed by atoms with Gasteiger partial charge in [-0.3, -0.25) is 0 Å². The van der Waals surface area contributed by atoms with Crippen molar-refractivity contribution in [1.82, 2.24) is 0 Å². The third-order valence-corrected chi connectivity index (χ3v) is 2.83. The molecule has 0 aliphatic rings. The zero-order valence-corrected chi connectivity index (χ0v) is 10.5. The van der Waals surface area contributed by atoms with Gasteiger partial charge in [0.25, 0.3) is 6.43 Å². The molecule has 1 nitrogen and oxygen atoms in total. The topological polar surface area (TPSA) is 9.23 Å². The fraction of sp³-hybridized carbons (Fsp3) is 0.500. The second-order valence-electron chi connectivity index (χ2n) is 3.85. The molecule has 0 heterocycles. The van der Waals surface area contributed by atoms with Crippen molar-refractivity contribution < 1.29 is 22.3 Å². The zero-order valence-electron chi connectivity index (χ0n) is 9.73. The molecule has 0 N–H and O–H groups in total. The largest absolute Gasteiger partial charge is 0.375 e. The Labute approximate surface area is 108 Å². The lowest BCUT2D eigenvalue weighted by Crippen LogP contribution is -2.07. The van der Waals surface area contributed by atoms with Crippen LogP contribution in [-0.2, 0) is 4.74 Å². The summed E-state index contributed by atoms with van der Waals surface area (Å²) in [6.07, 6.45) is -2.42. The number of rotatable bonds is 6. The second kappa shape index (κ2) is 6.95. The zero-order chi connectivity index (χ0) is 13.7. The monoisotopic (exact) mass is 284 g/mol. The summed E-state index contributed by atoms with van der Waals surface area (Å²) in [5, 5.41) is -0.808. The van der Waals surface area contributed by atoms with E-state index in [9.17, 15) is 17.6 Å². The highest BCUT2D eigenvalue weighted by Crippen LogP contribution is 2.28. The summed E-state index contributed by atoms with van der Waals surface area (Å²) < 4.78 is 54.9. The molecule has 1 aromatic carbocycles. The van der Waals surface area contributed by atoms with Crippen LogP contribution in [0.15, 0.2) is 12.1 Å². The average molecular weight is 285 g/mol. The molecule has 0 aromatic heterocycles. The molecular weight excluding hydrogens is 272 g/mol. The molecule has 0 aliphatic heterocycles. The van der Waals surface area contributed by atoms with Crippen LogP contribution in [0.25, 0.3) is 0 Å². The van der Waals surface area contributed by atoms with Crippen LogP contribution in [0.4, 0.5) is 17.6 Å². The van der Waals surface area contributed by atoms with Crippen molar-refractivity contribution in [1.29, 1.82) is 0 Å². The molecule has 1 rings (SSSR count). The van der Waals surface area contributed by atoms with Crippen molar-refractivity contribution in [3.63, 3.8) is 0 Å². The fourth-order valence-electron chi connectivity index (χ4n) is 1.42. The number of aryl methyl sites for hydroxylation is 1. The fourth-order valence-corrected chi connectivity index (χ4v) is 1.67. The molecule has 6 heteroatoms. The molecular formula is C12H13ClF4O. The number of hydrogen-bond acceptors (Lipinski definition) is 1. The molecule has 0 fully saturated rings. The van der Waals surface area contributed by atoms with Gasteiger partial charge in [-0.25, -0.2) is 17.6 Å². The maximum atomic E-state index is 13.5. The van der Waals surface area contributed by atoms with Gasteiger partial charge < -0.3 is 4.74 Å². The first-order valence-corrected chi connectivity index (χ1v) is 5.81. The van der Waals surface area contributed by atoms with Crippen LogP contribution in [0.2, 0.25) is 0 Å². The van der Waals surface area contributed by atoms with Crippen LogP contribution < -0.4 is 0 Å². The molecule has 0 radical (unpaired) electrons. The van der Waals surface area contributed by atoms with Gasteiger partial charge in [0.05, 0.1) is 5.38 Å². The molecule has 102 valence electrons. The third-order valence-electron chi connectivity index (χ3n) is 2.37. The van der Waals surface area contributed by atoms with E-state index in [0.29, 0.717) is 0 Å². The van der Waals surface area contributed by atoms with E-state index in [2.05, 4.69) is 4.74 Å². The van der Waals surface area contributed by atoms with E-state index in [1.54, 1.807) is 0 Å².